The fourth-order valence-electron chi connectivity index (χ4n) is 1.33. The first kappa shape index (κ1) is 12.3. The molecule has 0 saturated carbocycles. The summed E-state index contributed by atoms with van der Waals surface area (Å²) in [5.74, 6) is -0.222. The van der Waals surface area contributed by atoms with Gasteiger partial charge in [-0.25, -0.2) is 4.79 Å². The summed E-state index contributed by atoms with van der Waals surface area (Å²) in [5.41, 5.74) is 1.35. The van der Waals surface area contributed by atoms with Crippen molar-refractivity contribution in [3.63, 3.8) is 0 Å². The molecule has 0 fully saturated rings. The minimum absolute atomic E-state index is 0.321. The van der Waals surface area contributed by atoms with E-state index >= 15 is 0 Å². The molecule has 0 amide bonds. The minimum atomic E-state index is -0.910. The van der Waals surface area contributed by atoms with Crippen molar-refractivity contribution in [2.24, 2.45) is 0 Å². The number of hydrogen-bond acceptors (Lipinski definition) is 3. The topological polar surface area (TPSA) is 50.4 Å². The van der Waals surface area contributed by atoms with Crippen LogP contribution < -0.4 is 0 Å². The maximum Gasteiger partial charge on any atom is 0.336 e. The molecule has 1 aromatic carbocycles. The van der Waals surface area contributed by atoms with Crippen LogP contribution in [0.15, 0.2) is 50.6 Å². The highest BCUT2D eigenvalue weighted by Crippen LogP contribution is 2.29. The molecule has 0 aliphatic rings. The highest BCUT2D eigenvalue weighted by molar-refractivity contribution is 9.10. The monoisotopic (exact) mass is 312 g/mol. The number of hydrogen-bond donors (Lipinski definition) is 1. The van der Waals surface area contributed by atoms with Gasteiger partial charge in [0.2, 0.25) is 0 Å². The predicted octanol–water partition coefficient (Wildman–Crippen LogP) is 4.03. The van der Waals surface area contributed by atoms with Crippen LogP contribution in [0.4, 0.5) is 0 Å². The standard InChI is InChI=1S/C12H9BrO3S/c13-9-1-2-10(12(14)15)11(5-9)17-7-8-3-4-16-6-8/h1-6H,7H2,(H,14,15). The Labute approximate surface area is 111 Å². The second-order valence-corrected chi connectivity index (χ2v) is 5.30. The Balaban J connectivity index is 2.19. The van der Waals surface area contributed by atoms with E-state index in [1.54, 1.807) is 24.7 Å². The normalized spacial score (nSPS) is 10.4. The van der Waals surface area contributed by atoms with Crippen LogP contribution in [-0.4, -0.2) is 11.1 Å². The molecule has 2 aromatic rings. The zero-order chi connectivity index (χ0) is 12.3. The van der Waals surface area contributed by atoms with E-state index in [1.807, 2.05) is 12.1 Å². The first-order valence-electron chi connectivity index (χ1n) is 4.83. The number of benzene rings is 1. The van der Waals surface area contributed by atoms with Gasteiger partial charge in [-0.3, -0.25) is 0 Å². The Morgan fingerprint density at radius 2 is 2.24 bits per heavy atom. The smallest absolute Gasteiger partial charge is 0.336 e. The van der Waals surface area contributed by atoms with Gasteiger partial charge in [0.25, 0.3) is 0 Å². The van der Waals surface area contributed by atoms with Gasteiger partial charge < -0.3 is 9.52 Å². The van der Waals surface area contributed by atoms with Gasteiger partial charge in [-0.1, -0.05) is 15.9 Å². The molecule has 3 nitrogen and oxygen atoms in total. The van der Waals surface area contributed by atoms with Crippen LogP contribution in [0.25, 0.3) is 0 Å². The lowest BCUT2D eigenvalue weighted by Gasteiger charge is -2.05. The van der Waals surface area contributed by atoms with Crippen molar-refractivity contribution >= 4 is 33.7 Å². The highest BCUT2D eigenvalue weighted by Gasteiger charge is 2.11. The molecule has 0 unspecified atom stereocenters. The number of carbonyl (C=O) groups is 1. The quantitative estimate of drug-likeness (QED) is 0.866. The minimum Gasteiger partial charge on any atom is -0.478 e. The lowest BCUT2D eigenvalue weighted by atomic mass is 10.2. The van der Waals surface area contributed by atoms with Crippen molar-refractivity contribution in [1.82, 2.24) is 0 Å². The van der Waals surface area contributed by atoms with E-state index in [0.29, 0.717) is 11.3 Å². The molecular weight excluding hydrogens is 304 g/mol. The van der Waals surface area contributed by atoms with Crippen LogP contribution >= 0.6 is 27.7 Å². The first-order valence-corrected chi connectivity index (χ1v) is 6.61. The molecule has 5 heteroatoms. The van der Waals surface area contributed by atoms with Gasteiger partial charge in [0.05, 0.1) is 18.1 Å². The van der Waals surface area contributed by atoms with Gasteiger partial charge in [-0.15, -0.1) is 11.8 Å². The van der Waals surface area contributed by atoms with Crippen LogP contribution in [0.2, 0.25) is 0 Å². The summed E-state index contributed by atoms with van der Waals surface area (Å²) < 4.78 is 5.84. The number of carboxylic acids is 1. The Hall–Kier alpha value is -1.20. The number of halogens is 1. The van der Waals surface area contributed by atoms with E-state index < -0.39 is 5.97 Å². The van der Waals surface area contributed by atoms with Gasteiger partial charge in [-0.2, -0.15) is 0 Å². The van der Waals surface area contributed by atoms with Crippen molar-refractivity contribution in [2.45, 2.75) is 10.6 Å². The fourth-order valence-corrected chi connectivity index (χ4v) is 2.85. The molecule has 0 radical (unpaired) electrons. The van der Waals surface area contributed by atoms with Gasteiger partial charge in [-0.05, 0) is 24.3 Å². The lowest BCUT2D eigenvalue weighted by molar-refractivity contribution is 0.0693. The van der Waals surface area contributed by atoms with Gasteiger partial charge in [0, 0.05) is 20.7 Å². The number of aromatic carboxylic acids is 1. The summed E-state index contributed by atoms with van der Waals surface area (Å²) in [5, 5.41) is 9.07. The summed E-state index contributed by atoms with van der Waals surface area (Å²) >= 11 is 4.82. The Morgan fingerprint density at radius 1 is 1.41 bits per heavy atom. The summed E-state index contributed by atoms with van der Waals surface area (Å²) in [7, 11) is 0. The van der Waals surface area contributed by atoms with Crippen LogP contribution in [0.1, 0.15) is 15.9 Å². The van der Waals surface area contributed by atoms with Crippen LogP contribution in [0.3, 0.4) is 0 Å². The van der Waals surface area contributed by atoms with Gasteiger partial charge in [0.15, 0.2) is 0 Å². The zero-order valence-electron chi connectivity index (χ0n) is 8.72. The van der Waals surface area contributed by atoms with E-state index in [1.165, 1.54) is 11.8 Å². The predicted molar refractivity (Wildman–Crippen MR) is 69.4 cm³/mol. The third kappa shape index (κ3) is 3.14. The maximum atomic E-state index is 11.0. The van der Waals surface area contributed by atoms with Crippen molar-refractivity contribution in [2.75, 3.05) is 0 Å². The summed E-state index contributed by atoms with van der Waals surface area (Å²) in [6.07, 6.45) is 3.26. The molecule has 2 rings (SSSR count). The third-order valence-electron chi connectivity index (χ3n) is 2.15. The van der Waals surface area contributed by atoms with E-state index in [0.717, 1.165) is 14.9 Å². The second-order valence-electron chi connectivity index (χ2n) is 3.37. The molecule has 0 spiro atoms. The largest absolute Gasteiger partial charge is 0.478 e. The molecule has 0 bridgehead atoms. The van der Waals surface area contributed by atoms with Crippen LogP contribution in [-0.2, 0) is 5.75 Å². The molecule has 0 saturated heterocycles. The van der Waals surface area contributed by atoms with E-state index in [-0.39, 0.29) is 0 Å². The van der Waals surface area contributed by atoms with Crippen LogP contribution in [0.5, 0.6) is 0 Å². The van der Waals surface area contributed by atoms with Crippen molar-refractivity contribution in [3.05, 3.63) is 52.4 Å². The van der Waals surface area contributed by atoms with Crippen molar-refractivity contribution < 1.29 is 14.3 Å². The van der Waals surface area contributed by atoms with E-state index in [4.69, 9.17) is 9.52 Å². The average Bonchev–Trinajstić information content (AvgIpc) is 2.78. The maximum absolute atomic E-state index is 11.0. The molecule has 1 N–H and O–H groups in total. The second kappa shape index (κ2) is 5.42. The summed E-state index contributed by atoms with van der Waals surface area (Å²) in [6.45, 7) is 0. The molecule has 17 heavy (non-hydrogen) atoms. The van der Waals surface area contributed by atoms with E-state index in [9.17, 15) is 4.79 Å². The number of carboxylic acid groups (broad SMARTS) is 1. The molecule has 1 heterocycles. The number of rotatable bonds is 4. The Bertz CT molecular complexity index is 523. The fraction of sp³-hybridized carbons (Fsp3) is 0.0833. The summed E-state index contributed by atoms with van der Waals surface area (Å²) in [6, 6.07) is 7.01. The van der Waals surface area contributed by atoms with E-state index in [2.05, 4.69) is 15.9 Å². The van der Waals surface area contributed by atoms with Gasteiger partial charge >= 0.3 is 5.97 Å². The SMILES string of the molecule is O=C(O)c1ccc(Br)cc1SCc1ccoc1. The number of thioether (sulfide) groups is 1. The molecule has 1 aromatic heterocycles. The third-order valence-corrected chi connectivity index (χ3v) is 3.77. The molecular formula is C12H9BrO3S. The first-order chi connectivity index (χ1) is 8.16. The molecule has 0 aliphatic heterocycles. The molecule has 0 atom stereocenters. The van der Waals surface area contributed by atoms with Gasteiger partial charge in [0.1, 0.15) is 0 Å². The highest BCUT2D eigenvalue weighted by atomic mass is 79.9. The summed E-state index contributed by atoms with van der Waals surface area (Å²) in [4.78, 5) is 11.8. The average molecular weight is 313 g/mol. The Kier molecular flexibility index (Phi) is 3.91. The zero-order valence-corrected chi connectivity index (χ0v) is 11.1. The lowest BCUT2D eigenvalue weighted by Crippen LogP contribution is -1.98. The van der Waals surface area contributed by atoms with Crippen LogP contribution in [0, 0.1) is 0 Å². The molecule has 88 valence electrons. The van der Waals surface area contributed by atoms with Crippen molar-refractivity contribution in [3.8, 4) is 0 Å². The van der Waals surface area contributed by atoms with Crippen molar-refractivity contribution in [1.29, 1.82) is 0 Å². The molecule has 0 aliphatic carbocycles. The number of furan rings is 1. The Morgan fingerprint density at radius 3 is 2.88 bits per heavy atom.